The summed E-state index contributed by atoms with van der Waals surface area (Å²) in [5.41, 5.74) is 3.13. The molecule has 80 valence electrons. The highest BCUT2D eigenvalue weighted by Gasteiger charge is 1.99. The summed E-state index contributed by atoms with van der Waals surface area (Å²) in [5.74, 6) is 0.788. The second kappa shape index (κ2) is 5.56. The van der Waals surface area contributed by atoms with E-state index in [4.69, 9.17) is 16.3 Å². The second-order valence-corrected chi connectivity index (χ2v) is 3.54. The quantitative estimate of drug-likeness (QED) is 0.733. The summed E-state index contributed by atoms with van der Waals surface area (Å²) in [7, 11) is 0. The van der Waals surface area contributed by atoms with Crippen molar-refractivity contribution in [1.82, 2.24) is 0 Å². The molecule has 0 aromatic heterocycles. The van der Waals surface area contributed by atoms with E-state index in [-0.39, 0.29) is 5.78 Å². The first kappa shape index (κ1) is 11.8. The number of ketones is 1. The van der Waals surface area contributed by atoms with Crippen LogP contribution < -0.4 is 4.74 Å². The Bertz CT molecular complexity index is 366. The van der Waals surface area contributed by atoms with E-state index >= 15 is 0 Å². The lowest BCUT2D eigenvalue weighted by atomic mass is 10.1. The zero-order valence-corrected chi connectivity index (χ0v) is 9.54. The van der Waals surface area contributed by atoms with Gasteiger partial charge in [0.25, 0.3) is 0 Å². The Kier molecular flexibility index (Phi) is 4.37. The monoisotopic (exact) mass is 224 g/mol. The summed E-state index contributed by atoms with van der Waals surface area (Å²) in [4.78, 5) is 11.0. The largest absolute Gasteiger partial charge is 0.489 e. The van der Waals surface area contributed by atoms with Crippen LogP contribution in [-0.2, 0) is 0 Å². The Morgan fingerprint density at radius 3 is 2.40 bits per heavy atom. The standard InChI is InChI=1S/C12H13ClO2/c1-9(7-13)8-15-12-5-3-11(4-6-12)10(2)14/h3-7H,8H2,1-2H3/b9-7+. The van der Waals surface area contributed by atoms with Crippen molar-refractivity contribution >= 4 is 17.4 Å². The summed E-state index contributed by atoms with van der Waals surface area (Å²) in [6, 6.07) is 7.05. The summed E-state index contributed by atoms with van der Waals surface area (Å²) >= 11 is 5.50. The molecule has 0 unspecified atom stereocenters. The number of hydrogen-bond donors (Lipinski definition) is 0. The fourth-order valence-electron chi connectivity index (χ4n) is 1.01. The van der Waals surface area contributed by atoms with E-state index in [2.05, 4.69) is 0 Å². The smallest absolute Gasteiger partial charge is 0.159 e. The van der Waals surface area contributed by atoms with Crippen LogP contribution >= 0.6 is 11.6 Å². The lowest BCUT2D eigenvalue weighted by molar-refractivity contribution is 0.101. The molecule has 1 aromatic rings. The Morgan fingerprint density at radius 2 is 1.93 bits per heavy atom. The summed E-state index contributed by atoms with van der Waals surface area (Å²) < 4.78 is 5.43. The van der Waals surface area contributed by atoms with Crippen LogP contribution in [-0.4, -0.2) is 12.4 Å². The van der Waals surface area contributed by atoms with Crippen LogP contribution in [0.3, 0.4) is 0 Å². The van der Waals surface area contributed by atoms with Crippen LogP contribution in [0.15, 0.2) is 35.4 Å². The van der Waals surface area contributed by atoms with E-state index in [0.717, 1.165) is 11.3 Å². The molecule has 0 heterocycles. The van der Waals surface area contributed by atoms with Gasteiger partial charge in [-0.25, -0.2) is 0 Å². The van der Waals surface area contributed by atoms with Crippen LogP contribution in [0.5, 0.6) is 5.75 Å². The number of carbonyl (C=O) groups is 1. The minimum Gasteiger partial charge on any atom is -0.489 e. The molecule has 0 radical (unpaired) electrons. The van der Waals surface area contributed by atoms with Crippen molar-refractivity contribution < 1.29 is 9.53 Å². The van der Waals surface area contributed by atoms with Gasteiger partial charge in [-0.05, 0) is 43.7 Å². The van der Waals surface area contributed by atoms with Gasteiger partial charge in [0.15, 0.2) is 5.78 Å². The normalized spacial score (nSPS) is 11.3. The third kappa shape index (κ3) is 3.76. The fourth-order valence-corrected chi connectivity index (χ4v) is 1.08. The van der Waals surface area contributed by atoms with Crippen molar-refractivity contribution in [2.75, 3.05) is 6.61 Å². The maximum atomic E-state index is 11.0. The van der Waals surface area contributed by atoms with Crippen LogP contribution in [0.25, 0.3) is 0 Å². The van der Waals surface area contributed by atoms with E-state index in [0.29, 0.717) is 12.2 Å². The number of benzene rings is 1. The van der Waals surface area contributed by atoms with Crippen LogP contribution in [0, 0.1) is 0 Å². The molecule has 15 heavy (non-hydrogen) atoms. The molecule has 0 spiro atoms. The zero-order valence-electron chi connectivity index (χ0n) is 8.79. The predicted molar refractivity (Wildman–Crippen MR) is 61.6 cm³/mol. The average molecular weight is 225 g/mol. The second-order valence-electron chi connectivity index (χ2n) is 3.32. The molecule has 0 saturated heterocycles. The van der Waals surface area contributed by atoms with Crippen molar-refractivity contribution in [1.29, 1.82) is 0 Å². The third-order valence-corrected chi connectivity index (χ3v) is 2.29. The molecule has 0 bridgehead atoms. The van der Waals surface area contributed by atoms with Crippen molar-refractivity contribution in [3.63, 3.8) is 0 Å². The van der Waals surface area contributed by atoms with Crippen molar-refractivity contribution in [3.05, 3.63) is 40.9 Å². The minimum absolute atomic E-state index is 0.0541. The number of ether oxygens (including phenoxy) is 1. The first-order chi connectivity index (χ1) is 7.13. The molecule has 0 aliphatic heterocycles. The number of halogens is 1. The molecule has 0 N–H and O–H groups in total. The van der Waals surface area contributed by atoms with Gasteiger partial charge in [-0.3, -0.25) is 4.79 Å². The molecule has 0 fully saturated rings. The van der Waals surface area contributed by atoms with Crippen LogP contribution in [0.2, 0.25) is 0 Å². The highest BCUT2D eigenvalue weighted by molar-refractivity contribution is 6.25. The fraction of sp³-hybridized carbons (Fsp3) is 0.250. The van der Waals surface area contributed by atoms with Crippen molar-refractivity contribution in [2.45, 2.75) is 13.8 Å². The van der Waals surface area contributed by atoms with Gasteiger partial charge in [0.1, 0.15) is 12.4 Å². The lowest BCUT2D eigenvalue weighted by Gasteiger charge is -2.05. The van der Waals surface area contributed by atoms with Gasteiger partial charge in [-0.15, -0.1) is 0 Å². The minimum atomic E-state index is 0.0541. The average Bonchev–Trinajstić information content (AvgIpc) is 2.26. The maximum Gasteiger partial charge on any atom is 0.159 e. The van der Waals surface area contributed by atoms with E-state index in [1.807, 2.05) is 6.92 Å². The van der Waals surface area contributed by atoms with Crippen LogP contribution in [0.4, 0.5) is 0 Å². The summed E-state index contributed by atoms with van der Waals surface area (Å²) in [6.45, 7) is 3.89. The first-order valence-corrected chi connectivity index (χ1v) is 5.07. The molecule has 0 amide bonds. The molecule has 0 aliphatic carbocycles. The number of carbonyl (C=O) groups excluding carboxylic acids is 1. The van der Waals surface area contributed by atoms with Gasteiger partial charge in [0, 0.05) is 11.1 Å². The Balaban J connectivity index is 2.61. The maximum absolute atomic E-state index is 11.0. The van der Waals surface area contributed by atoms with Crippen LogP contribution in [0.1, 0.15) is 24.2 Å². The van der Waals surface area contributed by atoms with E-state index in [1.165, 1.54) is 12.5 Å². The predicted octanol–water partition coefficient (Wildman–Crippen LogP) is 3.41. The topological polar surface area (TPSA) is 26.3 Å². The SMILES string of the molecule is CC(=O)c1ccc(OC/C(C)=C/Cl)cc1. The van der Waals surface area contributed by atoms with Gasteiger partial charge in [0.05, 0.1) is 0 Å². The Labute approximate surface area is 94.5 Å². The van der Waals surface area contributed by atoms with Gasteiger partial charge in [0.2, 0.25) is 0 Å². The molecule has 0 saturated carbocycles. The molecule has 0 atom stereocenters. The molecular weight excluding hydrogens is 212 g/mol. The van der Waals surface area contributed by atoms with Gasteiger partial charge < -0.3 is 4.74 Å². The Morgan fingerprint density at radius 1 is 1.33 bits per heavy atom. The molecule has 2 nitrogen and oxygen atoms in total. The molecule has 0 aliphatic rings. The lowest BCUT2D eigenvalue weighted by Crippen LogP contribution is -1.98. The van der Waals surface area contributed by atoms with E-state index < -0.39 is 0 Å². The molecular formula is C12H13ClO2. The van der Waals surface area contributed by atoms with E-state index in [1.54, 1.807) is 24.3 Å². The van der Waals surface area contributed by atoms with Crippen molar-refractivity contribution in [2.24, 2.45) is 0 Å². The van der Waals surface area contributed by atoms with Gasteiger partial charge >= 0.3 is 0 Å². The summed E-state index contributed by atoms with van der Waals surface area (Å²) in [6.07, 6.45) is 0. The number of rotatable bonds is 4. The molecule has 1 aromatic carbocycles. The van der Waals surface area contributed by atoms with E-state index in [9.17, 15) is 4.79 Å². The van der Waals surface area contributed by atoms with Gasteiger partial charge in [-0.1, -0.05) is 11.6 Å². The van der Waals surface area contributed by atoms with Gasteiger partial charge in [-0.2, -0.15) is 0 Å². The zero-order chi connectivity index (χ0) is 11.3. The number of hydrogen-bond acceptors (Lipinski definition) is 2. The highest BCUT2D eigenvalue weighted by Crippen LogP contribution is 2.13. The number of Topliss-reactive ketones (excluding diaryl/α,β-unsaturated/α-hetero) is 1. The third-order valence-electron chi connectivity index (χ3n) is 1.91. The Hall–Kier alpha value is -1.28. The summed E-state index contributed by atoms with van der Waals surface area (Å²) in [5, 5.41) is 0. The molecule has 1 rings (SSSR count). The molecule has 3 heteroatoms. The highest BCUT2D eigenvalue weighted by atomic mass is 35.5. The first-order valence-electron chi connectivity index (χ1n) is 4.63. The van der Waals surface area contributed by atoms with Crippen molar-refractivity contribution in [3.8, 4) is 5.75 Å².